The quantitative estimate of drug-likeness (QED) is 0.452. The molecular weight excluding hydrogens is 448 g/mol. The van der Waals surface area contributed by atoms with E-state index in [1.54, 1.807) is 0 Å². The highest BCUT2D eigenvalue weighted by molar-refractivity contribution is 5.89. The summed E-state index contributed by atoms with van der Waals surface area (Å²) in [7, 11) is 0. The first-order chi connectivity index (χ1) is 17.5. The molecule has 0 bridgehead atoms. The number of fused-ring (bicyclic) bond motifs is 1. The first-order valence-electron chi connectivity index (χ1n) is 12.7. The zero-order chi connectivity index (χ0) is 24.7. The van der Waals surface area contributed by atoms with Crippen LogP contribution in [0.15, 0.2) is 66.9 Å². The molecular formula is C29H31N6O+. The summed E-state index contributed by atoms with van der Waals surface area (Å²) in [5.74, 6) is 0.492. The van der Waals surface area contributed by atoms with Crippen LogP contribution in [0.2, 0.25) is 0 Å². The molecule has 7 nitrogen and oxygen atoms in total. The van der Waals surface area contributed by atoms with Crippen molar-refractivity contribution in [3.05, 3.63) is 72.4 Å². The molecule has 1 saturated carbocycles. The number of amides is 1. The summed E-state index contributed by atoms with van der Waals surface area (Å²) in [6.07, 6.45) is 6.71. The minimum Gasteiger partial charge on any atom is -0.369 e. The van der Waals surface area contributed by atoms with E-state index in [4.69, 9.17) is 21.4 Å². The summed E-state index contributed by atoms with van der Waals surface area (Å²) in [6.45, 7) is 1.47. The lowest BCUT2D eigenvalue weighted by Gasteiger charge is -2.38. The molecule has 1 amide bonds. The molecule has 0 spiro atoms. The van der Waals surface area contributed by atoms with Crippen LogP contribution in [-0.2, 0) is 10.3 Å². The number of nitrogens with two attached hydrogens (primary N) is 2. The average Bonchev–Trinajstić information content (AvgIpc) is 2.91. The average molecular weight is 480 g/mol. The van der Waals surface area contributed by atoms with Crippen LogP contribution in [0.3, 0.4) is 0 Å². The molecule has 1 saturated heterocycles. The van der Waals surface area contributed by atoms with Gasteiger partial charge in [0.1, 0.15) is 0 Å². The molecule has 7 heteroatoms. The second kappa shape index (κ2) is 8.99. The van der Waals surface area contributed by atoms with Crippen LogP contribution < -0.4 is 21.4 Å². The van der Waals surface area contributed by atoms with Crippen LogP contribution in [0.1, 0.15) is 37.7 Å². The highest BCUT2D eigenvalue weighted by Crippen LogP contribution is 2.40. The number of nitrogens with zero attached hydrogens (tertiary/aromatic N) is 3. The van der Waals surface area contributed by atoms with Gasteiger partial charge in [0, 0.05) is 22.6 Å². The standard InChI is InChI=1S/C29H30N6O/c30-26(36)21-11-15-35(16-12-21)28-32-18-22-17-24(19-5-2-1-3-6-19)25(33-27(22)34-28)20-7-9-23(10-8-20)29(31)13-4-14-29/h1-3,5-10,17-18,21H,4,11-16,31H2,(H2,30,36)/p+1. The third kappa shape index (κ3) is 4.09. The lowest BCUT2D eigenvalue weighted by Crippen LogP contribution is -2.43. The molecule has 3 heterocycles. The number of nitrogens with one attached hydrogen (secondary N) is 1. The molecule has 0 radical (unpaired) electrons. The summed E-state index contributed by atoms with van der Waals surface area (Å²) in [5, 5.41) is 0.945. The minimum absolute atomic E-state index is 0.0598. The largest absolute Gasteiger partial charge is 0.393 e. The maximum atomic E-state index is 11.6. The second-order valence-electron chi connectivity index (χ2n) is 10.1. The number of pyridine rings is 1. The van der Waals surface area contributed by atoms with E-state index in [0.29, 0.717) is 5.65 Å². The minimum atomic E-state index is -0.214. The maximum absolute atomic E-state index is 11.6. The van der Waals surface area contributed by atoms with Crippen molar-refractivity contribution in [3.63, 3.8) is 0 Å². The Kier molecular flexibility index (Phi) is 5.64. The lowest BCUT2D eigenvalue weighted by atomic mass is 9.72. The molecule has 4 aromatic rings. The maximum Gasteiger partial charge on any atom is 0.393 e. The monoisotopic (exact) mass is 479 g/mol. The fourth-order valence-corrected chi connectivity index (χ4v) is 5.39. The predicted octanol–water partition coefficient (Wildman–Crippen LogP) is 3.82. The van der Waals surface area contributed by atoms with Crippen LogP contribution >= 0.6 is 0 Å². The number of hydrogen-bond donors (Lipinski definition) is 2. The molecule has 6 rings (SSSR count). The van der Waals surface area contributed by atoms with E-state index in [-0.39, 0.29) is 17.4 Å². The van der Waals surface area contributed by atoms with Gasteiger partial charge in [0.15, 0.2) is 0 Å². The van der Waals surface area contributed by atoms with E-state index in [9.17, 15) is 4.79 Å². The molecule has 2 aliphatic rings. The van der Waals surface area contributed by atoms with Crippen LogP contribution in [-0.4, -0.2) is 29.0 Å². The van der Waals surface area contributed by atoms with Crippen LogP contribution in [0.4, 0.5) is 5.95 Å². The number of carbonyl (C=O) groups excluding carboxylic acids is 1. The Hall–Kier alpha value is -3.84. The van der Waals surface area contributed by atoms with Crippen LogP contribution in [0.25, 0.3) is 33.4 Å². The van der Waals surface area contributed by atoms with Gasteiger partial charge < -0.3 is 11.5 Å². The number of primary amides is 1. The zero-order valence-electron chi connectivity index (χ0n) is 20.3. The SMILES string of the molecule is NC(=O)C1CCN(c2nc3nc(-c4ccc(C5(N)CCC5)cc4)c(-c4ccccc4)cc3c[nH+]2)CC1. The van der Waals surface area contributed by atoms with Gasteiger partial charge in [-0.1, -0.05) is 59.6 Å². The third-order valence-corrected chi connectivity index (χ3v) is 7.86. The van der Waals surface area contributed by atoms with E-state index in [1.807, 2.05) is 24.4 Å². The number of benzene rings is 2. The Morgan fingerprint density at radius 3 is 2.33 bits per heavy atom. The van der Waals surface area contributed by atoms with Crippen molar-refractivity contribution in [1.29, 1.82) is 0 Å². The zero-order valence-corrected chi connectivity index (χ0v) is 20.3. The van der Waals surface area contributed by atoms with Gasteiger partial charge in [0.2, 0.25) is 11.6 Å². The number of carbonyl (C=O) groups is 1. The number of aromatic nitrogens is 3. The second-order valence-corrected chi connectivity index (χ2v) is 10.1. The molecule has 2 fully saturated rings. The van der Waals surface area contributed by atoms with Gasteiger partial charge in [-0.25, -0.2) is 9.97 Å². The highest BCUT2D eigenvalue weighted by Gasteiger charge is 2.34. The van der Waals surface area contributed by atoms with E-state index >= 15 is 0 Å². The van der Waals surface area contributed by atoms with Crippen molar-refractivity contribution >= 4 is 22.9 Å². The van der Waals surface area contributed by atoms with Gasteiger partial charge in [-0.2, -0.15) is 0 Å². The number of rotatable bonds is 5. The smallest absolute Gasteiger partial charge is 0.369 e. The number of H-pyrrole nitrogens is 1. The van der Waals surface area contributed by atoms with Gasteiger partial charge >= 0.3 is 5.95 Å². The van der Waals surface area contributed by atoms with E-state index in [0.717, 1.165) is 72.5 Å². The molecule has 0 unspecified atom stereocenters. The molecule has 2 aromatic heterocycles. The Labute approximate surface area is 210 Å². The molecule has 5 N–H and O–H groups in total. The molecule has 182 valence electrons. The van der Waals surface area contributed by atoms with Gasteiger partial charge in [0.05, 0.1) is 30.4 Å². The fraction of sp³-hybridized carbons (Fsp3) is 0.310. The van der Waals surface area contributed by atoms with Crippen molar-refractivity contribution in [3.8, 4) is 22.4 Å². The van der Waals surface area contributed by atoms with E-state index in [2.05, 4.69) is 52.3 Å². The normalized spacial score (nSPS) is 17.6. The Morgan fingerprint density at radius 1 is 0.972 bits per heavy atom. The van der Waals surface area contributed by atoms with Gasteiger partial charge in [-0.05, 0) is 49.3 Å². The Balaban J connectivity index is 1.40. The summed E-state index contributed by atoms with van der Waals surface area (Å²) in [5.41, 5.74) is 17.9. The summed E-state index contributed by atoms with van der Waals surface area (Å²) in [6, 6.07) is 21.1. The number of hydrogen-bond acceptors (Lipinski definition) is 5. The van der Waals surface area contributed by atoms with Crippen molar-refractivity contribution in [2.24, 2.45) is 17.4 Å². The lowest BCUT2D eigenvalue weighted by molar-refractivity contribution is -0.366. The first kappa shape index (κ1) is 22.6. The summed E-state index contributed by atoms with van der Waals surface area (Å²) in [4.78, 5) is 27.0. The molecule has 0 atom stereocenters. The number of piperidine rings is 1. The van der Waals surface area contributed by atoms with Gasteiger partial charge in [0.25, 0.3) is 0 Å². The fourth-order valence-electron chi connectivity index (χ4n) is 5.39. The van der Waals surface area contributed by atoms with Gasteiger partial charge in [-0.3, -0.25) is 9.69 Å². The third-order valence-electron chi connectivity index (χ3n) is 7.86. The number of aromatic amines is 1. The Morgan fingerprint density at radius 2 is 1.69 bits per heavy atom. The summed E-state index contributed by atoms with van der Waals surface area (Å²) < 4.78 is 0. The van der Waals surface area contributed by atoms with E-state index in [1.165, 1.54) is 12.0 Å². The van der Waals surface area contributed by atoms with Crippen LogP contribution in [0.5, 0.6) is 0 Å². The highest BCUT2D eigenvalue weighted by atomic mass is 16.1. The van der Waals surface area contributed by atoms with E-state index < -0.39 is 0 Å². The molecule has 36 heavy (non-hydrogen) atoms. The van der Waals surface area contributed by atoms with Crippen LogP contribution in [0, 0.1) is 5.92 Å². The topological polar surface area (TPSA) is 112 Å². The van der Waals surface area contributed by atoms with Crippen molar-refractivity contribution in [2.45, 2.75) is 37.6 Å². The predicted molar refractivity (Wildman–Crippen MR) is 141 cm³/mol. The molecule has 1 aliphatic carbocycles. The molecule has 2 aromatic carbocycles. The van der Waals surface area contributed by atoms with Crippen molar-refractivity contribution in [2.75, 3.05) is 18.0 Å². The number of anilines is 1. The molecule has 1 aliphatic heterocycles. The summed E-state index contributed by atoms with van der Waals surface area (Å²) >= 11 is 0. The first-order valence-corrected chi connectivity index (χ1v) is 12.7. The Bertz CT molecular complexity index is 1410. The van der Waals surface area contributed by atoms with Crippen molar-refractivity contribution < 1.29 is 9.78 Å². The van der Waals surface area contributed by atoms with Gasteiger partial charge in [-0.15, -0.1) is 0 Å². The van der Waals surface area contributed by atoms with Crippen molar-refractivity contribution in [1.82, 2.24) is 9.97 Å².